The van der Waals surface area contributed by atoms with Gasteiger partial charge in [0, 0.05) is 0 Å². The molecule has 0 aliphatic carbocycles. The molecule has 0 heterocycles. The Kier molecular flexibility index (Phi) is 4.28. The van der Waals surface area contributed by atoms with E-state index in [0.29, 0.717) is 5.56 Å². The molecule has 0 radical (unpaired) electrons. The highest BCUT2D eigenvalue weighted by atomic mass is 32.2. The third kappa shape index (κ3) is 3.41. The number of hydrogen-bond acceptors (Lipinski definition) is 5. The van der Waals surface area contributed by atoms with Crippen molar-refractivity contribution >= 4 is 16.1 Å². The number of hydrogen-bond donors (Lipinski definition) is 0. The number of para-hydroxylation sites is 1. The lowest BCUT2D eigenvalue weighted by atomic mass is 10.2. The van der Waals surface area contributed by atoms with Crippen LogP contribution in [0.5, 0.6) is 5.75 Å². The Hall–Kier alpha value is -2.34. The molecule has 2 aromatic carbocycles. The van der Waals surface area contributed by atoms with E-state index in [2.05, 4.69) is 4.74 Å². The fourth-order valence-electron chi connectivity index (χ4n) is 1.71. The van der Waals surface area contributed by atoms with Crippen molar-refractivity contribution in [1.29, 1.82) is 0 Å². The molecule has 0 unspecified atom stereocenters. The van der Waals surface area contributed by atoms with Crippen molar-refractivity contribution in [2.45, 2.75) is 11.8 Å². The summed E-state index contributed by atoms with van der Waals surface area (Å²) in [6.45, 7) is 1.75. The summed E-state index contributed by atoms with van der Waals surface area (Å²) in [5.41, 5.74) is 0.845. The minimum atomic E-state index is -4.01. The second kappa shape index (κ2) is 5.97. The fraction of sp³-hybridized carbons (Fsp3) is 0.133. The number of carbonyl (C=O) groups is 1. The van der Waals surface area contributed by atoms with E-state index in [0.717, 1.165) is 0 Å². The summed E-state index contributed by atoms with van der Waals surface area (Å²) in [6.07, 6.45) is 0. The molecule has 0 N–H and O–H groups in total. The molecule has 110 valence electrons. The van der Waals surface area contributed by atoms with E-state index in [-0.39, 0.29) is 16.2 Å². The van der Waals surface area contributed by atoms with Crippen LogP contribution < -0.4 is 4.18 Å². The largest absolute Gasteiger partial charge is 0.465 e. The lowest BCUT2D eigenvalue weighted by Gasteiger charge is -2.09. The van der Waals surface area contributed by atoms with E-state index < -0.39 is 16.1 Å². The number of ether oxygens (including phenoxy) is 1. The molecule has 0 fully saturated rings. The summed E-state index contributed by atoms with van der Waals surface area (Å²) in [4.78, 5) is 11.3. The highest BCUT2D eigenvalue weighted by molar-refractivity contribution is 7.87. The second-order valence-electron chi connectivity index (χ2n) is 4.32. The molecule has 2 aromatic rings. The van der Waals surface area contributed by atoms with Gasteiger partial charge in [-0.2, -0.15) is 8.42 Å². The smallest absolute Gasteiger partial charge is 0.339 e. The average molecular weight is 306 g/mol. The molecule has 6 heteroatoms. The van der Waals surface area contributed by atoms with Gasteiger partial charge in [-0.1, -0.05) is 24.3 Å². The predicted octanol–water partition coefficient (Wildman–Crippen LogP) is 2.55. The molecular weight excluding hydrogens is 292 g/mol. The molecule has 0 aliphatic rings. The van der Waals surface area contributed by atoms with Gasteiger partial charge < -0.3 is 8.92 Å². The molecule has 0 atom stereocenters. The summed E-state index contributed by atoms with van der Waals surface area (Å²) in [5.74, 6) is -0.357. The maximum absolute atomic E-state index is 12.2. The number of carbonyl (C=O) groups excluding carboxylic acids is 1. The summed E-state index contributed by atoms with van der Waals surface area (Å²) < 4.78 is 34.2. The van der Waals surface area contributed by atoms with Gasteiger partial charge in [0.1, 0.15) is 10.6 Å². The van der Waals surface area contributed by atoms with E-state index >= 15 is 0 Å². The van der Waals surface area contributed by atoms with Crippen LogP contribution in [0.4, 0.5) is 0 Å². The first-order chi connectivity index (χ1) is 9.94. The van der Waals surface area contributed by atoms with Crippen LogP contribution in [0, 0.1) is 6.92 Å². The van der Waals surface area contributed by atoms with E-state index in [1.54, 1.807) is 31.2 Å². The van der Waals surface area contributed by atoms with Gasteiger partial charge in [-0.15, -0.1) is 0 Å². The quantitative estimate of drug-likeness (QED) is 0.641. The SMILES string of the molecule is COC(=O)c1cccc(S(=O)(=O)Oc2ccccc2C)c1. The summed E-state index contributed by atoms with van der Waals surface area (Å²) >= 11 is 0. The highest BCUT2D eigenvalue weighted by Gasteiger charge is 2.19. The zero-order chi connectivity index (χ0) is 15.5. The molecule has 0 saturated heterocycles. The highest BCUT2D eigenvalue weighted by Crippen LogP contribution is 2.22. The lowest BCUT2D eigenvalue weighted by molar-refractivity contribution is 0.0600. The predicted molar refractivity (Wildman–Crippen MR) is 76.8 cm³/mol. The molecule has 0 amide bonds. The van der Waals surface area contributed by atoms with Crippen LogP contribution in [0.3, 0.4) is 0 Å². The van der Waals surface area contributed by atoms with Gasteiger partial charge in [0.25, 0.3) is 0 Å². The van der Waals surface area contributed by atoms with Crippen molar-refractivity contribution < 1.29 is 22.1 Å². The minimum absolute atomic E-state index is 0.103. The Morgan fingerprint density at radius 3 is 2.43 bits per heavy atom. The van der Waals surface area contributed by atoms with E-state index in [9.17, 15) is 13.2 Å². The van der Waals surface area contributed by atoms with Crippen molar-refractivity contribution in [1.82, 2.24) is 0 Å². The Bertz CT molecular complexity index is 765. The van der Waals surface area contributed by atoms with Gasteiger partial charge in [-0.05, 0) is 36.8 Å². The third-order valence-electron chi connectivity index (χ3n) is 2.84. The van der Waals surface area contributed by atoms with E-state index in [4.69, 9.17) is 4.18 Å². The summed E-state index contributed by atoms with van der Waals surface area (Å²) in [6, 6.07) is 12.3. The summed E-state index contributed by atoms with van der Waals surface area (Å²) in [7, 11) is -2.78. The van der Waals surface area contributed by atoms with Crippen LogP contribution in [0.15, 0.2) is 53.4 Å². The monoisotopic (exact) mass is 306 g/mol. The number of aryl methyl sites for hydroxylation is 1. The molecule has 5 nitrogen and oxygen atoms in total. The molecular formula is C15H14O5S. The lowest BCUT2D eigenvalue weighted by Crippen LogP contribution is -2.12. The Balaban J connectivity index is 2.36. The first-order valence-corrected chi connectivity index (χ1v) is 7.53. The van der Waals surface area contributed by atoms with Crippen molar-refractivity contribution in [2.75, 3.05) is 7.11 Å². The first kappa shape index (κ1) is 15.1. The molecule has 0 saturated carbocycles. The van der Waals surface area contributed by atoms with Crippen molar-refractivity contribution in [3.05, 3.63) is 59.7 Å². The molecule has 0 aliphatic heterocycles. The van der Waals surface area contributed by atoms with E-state index in [1.807, 2.05) is 0 Å². The van der Waals surface area contributed by atoms with Gasteiger partial charge in [0.05, 0.1) is 12.7 Å². The Labute approximate surface area is 123 Å². The summed E-state index contributed by atoms with van der Waals surface area (Å²) in [5, 5.41) is 0. The van der Waals surface area contributed by atoms with E-state index in [1.165, 1.54) is 31.4 Å². The zero-order valence-corrected chi connectivity index (χ0v) is 12.4. The third-order valence-corrected chi connectivity index (χ3v) is 4.07. The van der Waals surface area contributed by atoms with Crippen LogP contribution >= 0.6 is 0 Å². The maximum atomic E-state index is 12.2. The molecule has 0 bridgehead atoms. The standard InChI is InChI=1S/C15H14O5S/c1-11-6-3-4-9-14(11)20-21(17,18)13-8-5-7-12(10-13)15(16)19-2/h3-10H,1-2H3. The van der Waals surface area contributed by atoms with Gasteiger partial charge in [-0.3, -0.25) is 0 Å². The van der Waals surface area contributed by atoms with Crippen LogP contribution in [-0.4, -0.2) is 21.5 Å². The normalized spacial score (nSPS) is 11.0. The maximum Gasteiger partial charge on any atom is 0.339 e. The topological polar surface area (TPSA) is 69.7 Å². The number of benzene rings is 2. The molecule has 0 aromatic heterocycles. The number of esters is 1. The number of methoxy groups -OCH3 is 1. The van der Waals surface area contributed by atoms with Crippen LogP contribution in [-0.2, 0) is 14.9 Å². The fourth-order valence-corrected chi connectivity index (χ4v) is 2.75. The molecule has 0 spiro atoms. The zero-order valence-electron chi connectivity index (χ0n) is 11.6. The van der Waals surface area contributed by atoms with Gasteiger partial charge in [0.15, 0.2) is 0 Å². The van der Waals surface area contributed by atoms with Gasteiger partial charge >= 0.3 is 16.1 Å². The van der Waals surface area contributed by atoms with Crippen LogP contribution in [0.2, 0.25) is 0 Å². The Morgan fingerprint density at radius 2 is 1.76 bits per heavy atom. The molecule has 21 heavy (non-hydrogen) atoms. The minimum Gasteiger partial charge on any atom is -0.465 e. The Morgan fingerprint density at radius 1 is 1.05 bits per heavy atom. The van der Waals surface area contributed by atoms with Crippen LogP contribution in [0.1, 0.15) is 15.9 Å². The van der Waals surface area contributed by atoms with Crippen LogP contribution in [0.25, 0.3) is 0 Å². The first-order valence-electron chi connectivity index (χ1n) is 6.12. The van der Waals surface area contributed by atoms with Gasteiger partial charge in [0.2, 0.25) is 0 Å². The number of rotatable bonds is 4. The van der Waals surface area contributed by atoms with Gasteiger partial charge in [-0.25, -0.2) is 4.79 Å². The van der Waals surface area contributed by atoms with Crippen molar-refractivity contribution in [3.63, 3.8) is 0 Å². The average Bonchev–Trinajstić information content (AvgIpc) is 2.49. The molecule has 2 rings (SSSR count). The second-order valence-corrected chi connectivity index (χ2v) is 5.87. The van der Waals surface area contributed by atoms with Crippen molar-refractivity contribution in [3.8, 4) is 5.75 Å². The van der Waals surface area contributed by atoms with Crippen molar-refractivity contribution in [2.24, 2.45) is 0 Å².